The molecule has 0 fully saturated rings. The van der Waals surface area contributed by atoms with Crippen LogP contribution < -0.4 is 19.6 Å². The fourth-order valence-corrected chi connectivity index (χ4v) is 17.8. The number of hydrogen-bond donors (Lipinski definition) is 0. The summed E-state index contributed by atoms with van der Waals surface area (Å²) in [6.45, 7) is 0. The lowest BCUT2D eigenvalue weighted by Gasteiger charge is -2.28. The van der Waals surface area contributed by atoms with Crippen molar-refractivity contribution < 1.29 is 0 Å². The van der Waals surface area contributed by atoms with Gasteiger partial charge in [-0.05, 0) is 255 Å². The molecule has 22 rings (SSSR count). The van der Waals surface area contributed by atoms with Crippen molar-refractivity contribution in [3.05, 3.63) is 534 Å². The lowest BCUT2D eigenvalue weighted by molar-refractivity contribution is 1.28. The minimum Gasteiger partial charge on any atom is -0.311 e. The van der Waals surface area contributed by atoms with Gasteiger partial charge in [0, 0.05) is 67.6 Å². The van der Waals surface area contributed by atoms with Crippen molar-refractivity contribution in [1.82, 2.24) is 0 Å². The first-order valence-electron chi connectivity index (χ1n) is 43.8. The molecule has 0 bridgehead atoms. The first-order valence-corrected chi connectivity index (χ1v) is 43.8. The van der Waals surface area contributed by atoms with E-state index in [0.29, 0.717) is 0 Å². The van der Waals surface area contributed by atoms with Gasteiger partial charge in [-0.2, -0.15) is 0 Å². The molecule has 0 N–H and O–H groups in total. The minimum atomic E-state index is 1.10. The Kier molecular flexibility index (Phi) is 22.0. The monoisotopic (exact) mass is 1630 g/mol. The van der Waals surface area contributed by atoms with Crippen molar-refractivity contribution in [2.24, 2.45) is 0 Å². The van der Waals surface area contributed by atoms with E-state index in [1.807, 2.05) is 0 Å². The maximum atomic E-state index is 2.40. The first kappa shape index (κ1) is 78.3. The van der Waals surface area contributed by atoms with Crippen molar-refractivity contribution in [2.75, 3.05) is 19.6 Å². The smallest absolute Gasteiger partial charge is 0.0540 e. The standard InChI is InChI=1S/2C62H44N2/c1-3-13-45(14-4-1)49-29-37-55(38-30-49)63(56-39-31-50(32-40-56)46-15-5-2-6-16-46)57-41-33-51(34-42-57)47-25-27-48(28-26-47)52-35-43-58(44-36-52)64(61-23-11-19-53-17-7-9-21-59(53)61)62-24-12-20-54-18-8-10-22-60(54)62;1-3-11-45(12-4-1)51-23-33-57(34-24-51)63(58-35-25-52(26-36-58)46-13-5-2-6-14-46)59-37-27-53(28-38-59)49-19-21-50(22-20-49)54-29-39-60(40-30-54)64(61-41-31-47-15-7-9-17-55(47)43-61)62-42-32-48-16-8-10-18-56(48)44-62/h2*1-44H. The molecule has 0 aromatic heterocycles. The van der Waals surface area contributed by atoms with Crippen molar-refractivity contribution in [3.8, 4) is 89.0 Å². The summed E-state index contributed by atoms with van der Waals surface area (Å²) in [5, 5.41) is 9.77. The second-order valence-electron chi connectivity index (χ2n) is 32.4. The highest BCUT2D eigenvalue weighted by Crippen LogP contribution is 2.46. The zero-order valence-electron chi connectivity index (χ0n) is 70.6. The average molecular weight is 1630 g/mol. The van der Waals surface area contributed by atoms with E-state index in [0.717, 1.165) is 68.2 Å². The molecule has 0 atom stereocenters. The van der Waals surface area contributed by atoms with Gasteiger partial charge in [0.1, 0.15) is 0 Å². The zero-order chi connectivity index (χ0) is 85.3. The molecule has 604 valence electrons. The molecular weight excluding hydrogens is 1550 g/mol. The molecule has 4 heteroatoms. The third-order valence-electron chi connectivity index (χ3n) is 24.5. The number of rotatable bonds is 20. The highest BCUT2D eigenvalue weighted by atomic mass is 15.2. The third kappa shape index (κ3) is 16.6. The first-order chi connectivity index (χ1) is 63.4. The Bertz CT molecular complexity index is 7230. The van der Waals surface area contributed by atoms with Gasteiger partial charge in [-0.15, -0.1) is 0 Å². The van der Waals surface area contributed by atoms with Gasteiger partial charge in [-0.25, -0.2) is 0 Å². The number of anilines is 12. The van der Waals surface area contributed by atoms with Crippen LogP contribution in [0.3, 0.4) is 0 Å². The Hall–Kier alpha value is -16.9. The van der Waals surface area contributed by atoms with E-state index in [1.54, 1.807) is 0 Å². The Balaban J connectivity index is 0.000000156. The highest BCUT2D eigenvalue weighted by Gasteiger charge is 2.22. The van der Waals surface area contributed by atoms with Gasteiger partial charge in [0.25, 0.3) is 0 Å². The maximum absolute atomic E-state index is 2.40. The van der Waals surface area contributed by atoms with Gasteiger partial charge in [-0.1, -0.05) is 400 Å². The molecular formula is C124H88N4. The van der Waals surface area contributed by atoms with Crippen molar-refractivity contribution in [1.29, 1.82) is 0 Å². The van der Waals surface area contributed by atoms with E-state index in [2.05, 4.69) is 553 Å². The van der Waals surface area contributed by atoms with Crippen LogP contribution in [0.2, 0.25) is 0 Å². The van der Waals surface area contributed by atoms with E-state index in [9.17, 15) is 0 Å². The lowest BCUT2D eigenvalue weighted by Crippen LogP contribution is -2.11. The summed E-state index contributed by atoms with van der Waals surface area (Å²) >= 11 is 0. The van der Waals surface area contributed by atoms with Crippen molar-refractivity contribution in [3.63, 3.8) is 0 Å². The van der Waals surface area contributed by atoms with Gasteiger partial charge < -0.3 is 19.6 Å². The molecule has 0 heterocycles. The quantitative estimate of drug-likeness (QED) is 0.0754. The van der Waals surface area contributed by atoms with Crippen LogP contribution in [0.1, 0.15) is 0 Å². The molecule has 0 amide bonds. The Morgan fingerprint density at radius 3 is 0.500 bits per heavy atom. The molecule has 0 radical (unpaired) electrons. The summed E-state index contributed by atoms with van der Waals surface area (Å²) in [5.41, 5.74) is 32.4. The van der Waals surface area contributed by atoms with E-state index in [-0.39, 0.29) is 0 Å². The Morgan fingerprint density at radius 2 is 0.258 bits per heavy atom. The number of benzene rings is 22. The van der Waals surface area contributed by atoms with Crippen LogP contribution in [0.4, 0.5) is 68.2 Å². The van der Waals surface area contributed by atoms with Crippen LogP contribution in [-0.2, 0) is 0 Å². The predicted molar refractivity (Wildman–Crippen MR) is 545 cm³/mol. The summed E-state index contributed by atoms with van der Waals surface area (Å²) in [6.07, 6.45) is 0. The van der Waals surface area contributed by atoms with Crippen LogP contribution in [0, 0.1) is 0 Å². The highest BCUT2D eigenvalue weighted by molar-refractivity contribution is 6.05. The summed E-state index contributed by atoms with van der Waals surface area (Å²) < 4.78 is 0. The molecule has 0 aliphatic heterocycles. The Morgan fingerprint density at radius 1 is 0.0938 bits per heavy atom. The van der Waals surface area contributed by atoms with E-state index in [1.165, 1.54) is 132 Å². The lowest BCUT2D eigenvalue weighted by atomic mass is 9.99. The second kappa shape index (κ2) is 35.9. The molecule has 0 unspecified atom stereocenters. The molecule has 0 spiro atoms. The molecule has 0 saturated carbocycles. The number of hydrogen-bond acceptors (Lipinski definition) is 4. The largest absolute Gasteiger partial charge is 0.311 e. The molecule has 0 aliphatic carbocycles. The van der Waals surface area contributed by atoms with Crippen LogP contribution >= 0.6 is 0 Å². The van der Waals surface area contributed by atoms with Crippen LogP contribution in [0.25, 0.3) is 132 Å². The molecule has 22 aromatic rings. The summed E-state index contributed by atoms with van der Waals surface area (Å²) in [4.78, 5) is 9.43. The summed E-state index contributed by atoms with van der Waals surface area (Å²) in [6, 6.07) is 192. The number of fused-ring (bicyclic) bond motifs is 4. The third-order valence-corrected chi connectivity index (χ3v) is 24.5. The summed E-state index contributed by atoms with van der Waals surface area (Å²) in [7, 11) is 0. The fraction of sp³-hybridized carbons (Fsp3) is 0. The normalized spacial score (nSPS) is 11.1. The molecule has 4 nitrogen and oxygen atoms in total. The van der Waals surface area contributed by atoms with Crippen molar-refractivity contribution in [2.45, 2.75) is 0 Å². The zero-order valence-corrected chi connectivity index (χ0v) is 70.6. The number of nitrogens with zero attached hydrogens (tertiary/aromatic N) is 4. The topological polar surface area (TPSA) is 13.0 Å². The molecule has 128 heavy (non-hydrogen) atoms. The van der Waals surface area contributed by atoms with Gasteiger partial charge in [0.05, 0.1) is 11.4 Å². The SMILES string of the molecule is c1ccc(-c2ccc(N(c3ccc(-c4ccccc4)cc3)c3ccc(-c4ccc(-c5ccc(N(c6ccc7ccccc7c6)c6ccc7ccccc7c6)cc5)cc4)cc3)cc2)cc1.c1ccc(-c2ccc(N(c3ccc(-c4ccccc4)cc3)c3ccc(-c4ccc(-c5ccc(N(c6cccc7ccccc67)c6cccc7ccccc67)cc5)cc4)cc3)cc2)cc1. The fourth-order valence-electron chi connectivity index (χ4n) is 17.8. The maximum Gasteiger partial charge on any atom is 0.0540 e. The van der Waals surface area contributed by atoms with Crippen LogP contribution in [0.15, 0.2) is 534 Å². The Labute approximate surface area is 748 Å². The summed E-state index contributed by atoms with van der Waals surface area (Å²) in [5.74, 6) is 0. The van der Waals surface area contributed by atoms with Crippen LogP contribution in [0.5, 0.6) is 0 Å². The van der Waals surface area contributed by atoms with Gasteiger partial charge in [-0.3, -0.25) is 0 Å². The van der Waals surface area contributed by atoms with E-state index < -0.39 is 0 Å². The van der Waals surface area contributed by atoms with Gasteiger partial charge >= 0.3 is 0 Å². The molecule has 22 aromatic carbocycles. The minimum absolute atomic E-state index is 1.10. The second-order valence-corrected chi connectivity index (χ2v) is 32.4. The molecule has 0 saturated heterocycles. The molecule has 0 aliphatic rings. The van der Waals surface area contributed by atoms with Gasteiger partial charge in [0.2, 0.25) is 0 Å². The van der Waals surface area contributed by atoms with E-state index in [4.69, 9.17) is 0 Å². The predicted octanol–water partition coefficient (Wildman–Crippen LogP) is 35.2. The average Bonchev–Trinajstić information content (AvgIpc) is 0.770. The van der Waals surface area contributed by atoms with E-state index >= 15 is 0 Å². The van der Waals surface area contributed by atoms with Crippen molar-refractivity contribution >= 4 is 111 Å². The van der Waals surface area contributed by atoms with Gasteiger partial charge in [0.15, 0.2) is 0 Å². The van der Waals surface area contributed by atoms with Crippen LogP contribution in [-0.4, -0.2) is 0 Å².